The van der Waals surface area contributed by atoms with E-state index in [9.17, 15) is 4.91 Å². The third kappa shape index (κ3) is 1.41. The number of fused-ring (bicyclic) bond motifs is 1. The number of hydrogen-bond donors (Lipinski definition) is 0. The van der Waals surface area contributed by atoms with E-state index in [0.717, 1.165) is 15.5 Å². The minimum Gasteiger partial charge on any atom is -0.0619 e. The van der Waals surface area contributed by atoms with Gasteiger partial charge in [-0.2, -0.15) is 0 Å². The van der Waals surface area contributed by atoms with Gasteiger partial charge in [0, 0.05) is 4.91 Å². The molecule has 2 nitrogen and oxygen atoms in total. The molecule has 3 heteroatoms. The highest BCUT2D eigenvalue weighted by molar-refractivity contribution is 7.93. The number of allylic oxidation sites excluding steroid dienone is 1. The highest BCUT2D eigenvalue weighted by Gasteiger charge is 2.16. The molecule has 60 valence electrons. The number of nitrogens with zero attached hydrogens (tertiary/aromatic N) is 1. The smallest absolute Gasteiger partial charge is 0.0619 e. The van der Waals surface area contributed by atoms with E-state index in [1.165, 1.54) is 17.5 Å². The molecular formula is C9H8NOS+. The van der Waals surface area contributed by atoms with Gasteiger partial charge in [0.1, 0.15) is 4.17 Å². The van der Waals surface area contributed by atoms with Crippen molar-refractivity contribution in [1.82, 2.24) is 0 Å². The summed E-state index contributed by atoms with van der Waals surface area (Å²) in [5.74, 6) is 0. The van der Waals surface area contributed by atoms with E-state index in [2.05, 4.69) is 0 Å². The quantitative estimate of drug-likeness (QED) is 0.449. The maximum Gasteiger partial charge on any atom is 0.257 e. The molecule has 0 fully saturated rings. The largest absolute Gasteiger partial charge is 0.257 e. The van der Waals surface area contributed by atoms with E-state index in [4.69, 9.17) is 0 Å². The first-order valence-corrected chi connectivity index (χ1v) is 4.52. The van der Waals surface area contributed by atoms with E-state index in [1.54, 1.807) is 6.20 Å². The molecule has 0 atom stereocenters. The van der Waals surface area contributed by atoms with E-state index in [-0.39, 0.29) is 0 Å². The minimum absolute atomic E-state index is 0.849. The van der Waals surface area contributed by atoms with Crippen molar-refractivity contribution in [2.75, 3.05) is 0 Å². The number of nitroso groups, excluding NO2 is 1. The number of benzene rings is 1. The predicted molar refractivity (Wildman–Crippen MR) is 48.8 cm³/mol. The highest BCUT2D eigenvalue weighted by Crippen LogP contribution is 2.26. The summed E-state index contributed by atoms with van der Waals surface area (Å²) < 4.78 is 0.881. The Balaban J connectivity index is 2.44. The van der Waals surface area contributed by atoms with Crippen LogP contribution in [0.25, 0.3) is 0 Å². The Labute approximate surface area is 75.0 Å². The second-order valence-electron chi connectivity index (χ2n) is 2.57. The minimum atomic E-state index is 0.849. The van der Waals surface area contributed by atoms with Gasteiger partial charge in [-0.1, -0.05) is 18.2 Å². The Hall–Kier alpha value is -1.09. The zero-order valence-electron chi connectivity index (χ0n) is 6.43. The molecule has 0 saturated carbocycles. The van der Waals surface area contributed by atoms with E-state index >= 15 is 0 Å². The van der Waals surface area contributed by atoms with Gasteiger partial charge in [-0.25, -0.2) is 0 Å². The lowest BCUT2D eigenvalue weighted by molar-refractivity contribution is -0.283. The molecule has 0 radical (unpaired) electrons. The topological polar surface area (TPSA) is 20.1 Å². The monoisotopic (exact) mass is 178 g/mol. The van der Waals surface area contributed by atoms with Crippen LogP contribution in [0.5, 0.6) is 0 Å². The van der Waals surface area contributed by atoms with Crippen LogP contribution in [0.1, 0.15) is 5.56 Å². The molecule has 12 heavy (non-hydrogen) atoms. The molecule has 1 aliphatic heterocycles. The standard InChI is InChI=1S/C9H8NOS/c11-10-7-3-5-8-4-1-2-6-9(8)12-10/h1-4,6-7H,5H2/q+1. The summed E-state index contributed by atoms with van der Waals surface area (Å²) in [5.41, 5.74) is 1.22. The summed E-state index contributed by atoms with van der Waals surface area (Å²) in [6, 6.07) is 7.96. The average molecular weight is 178 g/mol. The van der Waals surface area contributed by atoms with Crippen LogP contribution in [0.2, 0.25) is 0 Å². The maximum absolute atomic E-state index is 11.0. The van der Waals surface area contributed by atoms with Gasteiger partial charge in [0.15, 0.2) is 0 Å². The highest BCUT2D eigenvalue weighted by atomic mass is 32.2. The zero-order chi connectivity index (χ0) is 8.39. The van der Waals surface area contributed by atoms with Crippen LogP contribution in [0.3, 0.4) is 0 Å². The van der Waals surface area contributed by atoms with Crippen LogP contribution in [-0.4, -0.2) is 4.17 Å². The first-order chi connectivity index (χ1) is 5.86. The van der Waals surface area contributed by atoms with Crippen molar-refractivity contribution in [2.24, 2.45) is 0 Å². The summed E-state index contributed by atoms with van der Waals surface area (Å²) in [5, 5.41) is 0. The van der Waals surface area contributed by atoms with Crippen molar-refractivity contribution in [2.45, 2.75) is 11.3 Å². The fraction of sp³-hybridized carbons (Fsp3) is 0.111. The summed E-state index contributed by atoms with van der Waals surface area (Å²) in [6.07, 6.45) is 4.29. The van der Waals surface area contributed by atoms with Crippen LogP contribution in [0.4, 0.5) is 0 Å². The molecule has 1 heterocycles. The lowest BCUT2D eigenvalue weighted by atomic mass is 10.1. The molecule has 0 aromatic heterocycles. The van der Waals surface area contributed by atoms with Crippen molar-refractivity contribution in [3.63, 3.8) is 0 Å². The van der Waals surface area contributed by atoms with Gasteiger partial charge in [0.05, 0.1) is 4.90 Å². The predicted octanol–water partition coefficient (Wildman–Crippen LogP) is 2.54. The number of rotatable bonds is 0. The Morgan fingerprint density at radius 1 is 1.33 bits per heavy atom. The van der Waals surface area contributed by atoms with Gasteiger partial charge >= 0.3 is 0 Å². The molecule has 0 amide bonds. The van der Waals surface area contributed by atoms with Crippen LogP contribution < -0.4 is 0 Å². The van der Waals surface area contributed by atoms with Crippen LogP contribution in [-0.2, 0) is 6.42 Å². The van der Waals surface area contributed by atoms with Crippen molar-refractivity contribution < 1.29 is 4.17 Å². The summed E-state index contributed by atoms with van der Waals surface area (Å²) in [7, 11) is 0. The van der Waals surface area contributed by atoms with E-state index in [0.29, 0.717) is 0 Å². The maximum atomic E-state index is 11.0. The first kappa shape index (κ1) is 7.55. The second kappa shape index (κ2) is 3.11. The Bertz CT molecular complexity index is 346. The second-order valence-corrected chi connectivity index (χ2v) is 3.56. The fourth-order valence-electron chi connectivity index (χ4n) is 1.15. The molecule has 0 saturated heterocycles. The van der Waals surface area contributed by atoms with E-state index < -0.39 is 0 Å². The Morgan fingerprint density at radius 2 is 2.17 bits per heavy atom. The Kier molecular flexibility index (Phi) is 1.96. The third-order valence-corrected chi connectivity index (χ3v) is 2.62. The van der Waals surface area contributed by atoms with E-state index in [1.807, 2.05) is 30.3 Å². The van der Waals surface area contributed by atoms with Gasteiger partial charge in [-0.3, -0.25) is 0 Å². The lowest BCUT2D eigenvalue weighted by Gasteiger charge is -1.96. The van der Waals surface area contributed by atoms with Crippen LogP contribution in [0.15, 0.2) is 41.4 Å². The van der Waals surface area contributed by atoms with Gasteiger partial charge in [-0.05, 0) is 24.1 Å². The van der Waals surface area contributed by atoms with Crippen molar-refractivity contribution in [3.8, 4) is 0 Å². The van der Waals surface area contributed by atoms with Gasteiger partial charge in [0.25, 0.3) is 11.9 Å². The number of hydrogen-bond acceptors (Lipinski definition) is 2. The third-order valence-electron chi connectivity index (χ3n) is 1.73. The first-order valence-electron chi connectivity index (χ1n) is 3.75. The van der Waals surface area contributed by atoms with Crippen molar-refractivity contribution in [3.05, 3.63) is 47.0 Å². The summed E-state index contributed by atoms with van der Waals surface area (Å²) >= 11 is 1.22. The van der Waals surface area contributed by atoms with Gasteiger partial charge in [-0.15, -0.1) is 0 Å². The average Bonchev–Trinajstić information content (AvgIpc) is 2.25. The normalized spacial score (nSPS) is 15.5. The molecule has 2 rings (SSSR count). The van der Waals surface area contributed by atoms with Gasteiger partial charge in [0.2, 0.25) is 6.20 Å². The lowest BCUT2D eigenvalue weighted by Crippen LogP contribution is -1.84. The van der Waals surface area contributed by atoms with Crippen molar-refractivity contribution in [1.29, 1.82) is 0 Å². The van der Waals surface area contributed by atoms with Gasteiger partial charge < -0.3 is 0 Å². The van der Waals surface area contributed by atoms with Crippen LogP contribution >= 0.6 is 11.9 Å². The molecule has 0 aliphatic carbocycles. The van der Waals surface area contributed by atoms with Crippen LogP contribution in [0, 0.1) is 4.91 Å². The molecule has 0 unspecified atom stereocenters. The molecule has 1 aromatic rings. The molecule has 0 N–H and O–H groups in total. The Morgan fingerprint density at radius 3 is 3.08 bits per heavy atom. The molecular weight excluding hydrogens is 170 g/mol. The molecule has 0 bridgehead atoms. The fourth-order valence-corrected chi connectivity index (χ4v) is 1.90. The zero-order valence-corrected chi connectivity index (χ0v) is 7.25. The summed E-state index contributed by atoms with van der Waals surface area (Å²) in [6.45, 7) is 0. The molecule has 1 aromatic carbocycles. The molecule has 1 aliphatic rings. The van der Waals surface area contributed by atoms with Crippen molar-refractivity contribution >= 4 is 11.9 Å². The SMILES string of the molecule is O=[N+]1C=CCc2ccccc2S1. The summed E-state index contributed by atoms with van der Waals surface area (Å²) in [4.78, 5) is 12.1. The molecule has 0 spiro atoms.